The quantitative estimate of drug-likeness (QED) is 0.380. The van der Waals surface area contributed by atoms with E-state index in [1.54, 1.807) is 34.6 Å². The first kappa shape index (κ1) is 26.2. The number of hydrogen-bond acceptors (Lipinski definition) is 7. The molecule has 0 aromatic heterocycles. The van der Waals surface area contributed by atoms with E-state index in [1.807, 2.05) is 0 Å². The van der Waals surface area contributed by atoms with Crippen molar-refractivity contribution in [1.29, 1.82) is 0 Å². The summed E-state index contributed by atoms with van der Waals surface area (Å²) in [5.41, 5.74) is -0.435. The second-order valence-corrected chi connectivity index (χ2v) is 8.29. The van der Waals surface area contributed by atoms with Crippen molar-refractivity contribution < 1.29 is 34.4 Å². The molecule has 31 heavy (non-hydrogen) atoms. The molecule has 1 rings (SSSR count). The summed E-state index contributed by atoms with van der Waals surface area (Å²) >= 11 is 0. The Balaban J connectivity index is 3.27. The Hall–Kier alpha value is -2.85. The van der Waals surface area contributed by atoms with Gasteiger partial charge in [0.1, 0.15) is 23.4 Å². The summed E-state index contributed by atoms with van der Waals surface area (Å²) in [5.74, 6) is -1.32. The zero-order valence-electron chi connectivity index (χ0n) is 18.6. The van der Waals surface area contributed by atoms with Crippen LogP contribution in [0.15, 0.2) is 24.3 Å². The van der Waals surface area contributed by atoms with Crippen LogP contribution >= 0.6 is 0 Å². The minimum absolute atomic E-state index is 0.0216. The average molecular weight is 440 g/mol. The number of nitrogens with one attached hydrogen (secondary N) is 2. The average Bonchev–Trinajstić information content (AvgIpc) is 2.64. The van der Waals surface area contributed by atoms with Gasteiger partial charge in [0.25, 0.3) is 0 Å². The Labute approximate surface area is 182 Å². The van der Waals surface area contributed by atoms with Gasteiger partial charge in [0.15, 0.2) is 0 Å². The zero-order valence-corrected chi connectivity index (χ0v) is 18.6. The number of ether oxygens (including phenoxy) is 1. The molecule has 3 amide bonds. The summed E-state index contributed by atoms with van der Waals surface area (Å²) in [5, 5.41) is 33.9. The Morgan fingerprint density at radius 1 is 1.06 bits per heavy atom. The van der Waals surface area contributed by atoms with Gasteiger partial charge >= 0.3 is 6.09 Å². The molecule has 0 aliphatic carbocycles. The number of carbonyl (C=O) groups is 3. The first-order valence-corrected chi connectivity index (χ1v) is 10.0. The van der Waals surface area contributed by atoms with Crippen LogP contribution in [0.3, 0.4) is 0 Å². The molecule has 0 aliphatic rings. The molecule has 10 nitrogen and oxygen atoms in total. The van der Waals surface area contributed by atoms with Crippen molar-refractivity contribution in [3.05, 3.63) is 29.8 Å². The van der Waals surface area contributed by atoms with Gasteiger partial charge in [-0.2, -0.15) is 0 Å². The number of carbonyl (C=O) groups excluding carboxylic acids is 3. The number of phenolic OH excluding ortho intramolecular Hbond substituents is 1. The van der Waals surface area contributed by atoms with E-state index in [-0.39, 0.29) is 18.3 Å². The third-order valence-electron chi connectivity index (χ3n) is 4.00. The molecular weight excluding hydrogens is 406 g/mol. The van der Waals surface area contributed by atoms with E-state index in [4.69, 9.17) is 4.74 Å². The van der Waals surface area contributed by atoms with Gasteiger partial charge in [-0.05, 0) is 52.3 Å². The minimum atomic E-state index is -1.40. The lowest BCUT2D eigenvalue weighted by Gasteiger charge is -2.34. The fourth-order valence-electron chi connectivity index (χ4n) is 2.80. The zero-order chi connectivity index (χ0) is 23.8. The van der Waals surface area contributed by atoms with Crippen LogP contribution in [0.25, 0.3) is 0 Å². The maximum Gasteiger partial charge on any atom is 0.408 e. The molecule has 1 aromatic rings. The molecule has 10 heteroatoms. The SMILES string of the molecule is CC(C)NC(=O)C(c1ccc(O)cc1)N(CCO)C(=O)C(CO)NC(=O)OC(C)(C)C. The molecule has 0 fully saturated rings. The molecule has 5 N–H and O–H groups in total. The third kappa shape index (κ3) is 8.42. The Morgan fingerprint density at radius 3 is 2.10 bits per heavy atom. The van der Waals surface area contributed by atoms with Crippen LogP contribution < -0.4 is 10.6 Å². The monoisotopic (exact) mass is 439 g/mol. The molecule has 0 heterocycles. The standard InChI is InChI=1S/C21H33N3O7/c1-13(2)22-18(28)17(14-6-8-15(27)9-7-14)24(10-11-25)19(29)16(12-26)23-20(30)31-21(3,4)5/h6-9,13,16-17,25-27H,10-12H2,1-5H3,(H,22,28)(H,23,30). The fourth-order valence-corrected chi connectivity index (χ4v) is 2.80. The van der Waals surface area contributed by atoms with Gasteiger partial charge in [-0.1, -0.05) is 12.1 Å². The lowest BCUT2D eigenvalue weighted by atomic mass is 10.0. The highest BCUT2D eigenvalue weighted by Gasteiger charge is 2.36. The Kier molecular flexibility index (Phi) is 9.73. The van der Waals surface area contributed by atoms with Crippen molar-refractivity contribution in [2.75, 3.05) is 19.8 Å². The third-order valence-corrected chi connectivity index (χ3v) is 4.00. The van der Waals surface area contributed by atoms with Gasteiger partial charge in [0.2, 0.25) is 11.8 Å². The second-order valence-electron chi connectivity index (χ2n) is 8.29. The first-order valence-electron chi connectivity index (χ1n) is 10.0. The summed E-state index contributed by atoms with van der Waals surface area (Å²) in [7, 11) is 0. The highest BCUT2D eigenvalue weighted by atomic mass is 16.6. The van der Waals surface area contributed by atoms with E-state index in [0.29, 0.717) is 5.56 Å². The molecule has 174 valence electrons. The number of aromatic hydroxyl groups is 1. The van der Waals surface area contributed by atoms with E-state index >= 15 is 0 Å². The molecule has 2 atom stereocenters. The molecule has 1 aromatic carbocycles. The summed E-state index contributed by atoms with van der Waals surface area (Å²) in [6.07, 6.45) is -0.906. The molecule has 2 unspecified atom stereocenters. The molecular formula is C21H33N3O7. The van der Waals surface area contributed by atoms with Gasteiger partial charge in [-0.15, -0.1) is 0 Å². The first-order chi connectivity index (χ1) is 14.4. The molecule has 0 saturated carbocycles. The number of amides is 3. The van der Waals surface area contributed by atoms with Gasteiger partial charge in [-0.25, -0.2) is 4.79 Å². The van der Waals surface area contributed by atoms with Crippen molar-refractivity contribution >= 4 is 17.9 Å². The Morgan fingerprint density at radius 2 is 1.65 bits per heavy atom. The molecule has 0 radical (unpaired) electrons. The number of benzene rings is 1. The van der Waals surface area contributed by atoms with Crippen LogP contribution in [0.1, 0.15) is 46.2 Å². The van der Waals surface area contributed by atoms with Crippen LogP contribution in [0.5, 0.6) is 5.75 Å². The number of aliphatic hydroxyl groups is 2. The van der Waals surface area contributed by atoms with Crippen LogP contribution in [0.2, 0.25) is 0 Å². The molecule has 0 bridgehead atoms. The number of alkyl carbamates (subject to hydrolysis) is 1. The number of phenols is 1. The summed E-state index contributed by atoms with van der Waals surface area (Å²) in [6, 6.07) is 2.90. The van der Waals surface area contributed by atoms with Crippen LogP contribution in [-0.2, 0) is 14.3 Å². The van der Waals surface area contributed by atoms with Gasteiger partial charge in [0, 0.05) is 12.6 Å². The Bertz CT molecular complexity index is 744. The minimum Gasteiger partial charge on any atom is -0.508 e. The molecule has 0 spiro atoms. The van der Waals surface area contributed by atoms with Gasteiger partial charge in [0.05, 0.1) is 13.2 Å². The van der Waals surface area contributed by atoms with E-state index in [2.05, 4.69) is 10.6 Å². The van der Waals surface area contributed by atoms with Crippen molar-refractivity contribution in [3.63, 3.8) is 0 Å². The van der Waals surface area contributed by atoms with Gasteiger partial charge in [-0.3, -0.25) is 9.59 Å². The largest absolute Gasteiger partial charge is 0.508 e. The van der Waals surface area contributed by atoms with E-state index in [9.17, 15) is 29.7 Å². The van der Waals surface area contributed by atoms with Crippen molar-refractivity contribution in [1.82, 2.24) is 15.5 Å². The van der Waals surface area contributed by atoms with Crippen molar-refractivity contribution in [2.24, 2.45) is 0 Å². The van der Waals surface area contributed by atoms with Crippen LogP contribution in [-0.4, -0.2) is 75.6 Å². The highest BCUT2D eigenvalue weighted by Crippen LogP contribution is 2.24. The predicted molar refractivity (Wildman–Crippen MR) is 113 cm³/mol. The lowest BCUT2D eigenvalue weighted by Crippen LogP contribution is -2.55. The summed E-state index contributed by atoms with van der Waals surface area (Å²) < 4.78 is 5.13. The fraction of sp³-hybridized carbons (Fsp3) is 0.571. The predicted octanol–water partition coefficient (Wildman–Crippen LogP) is 0.664. The van der Waals surface area contributed by atoms with E-state index < -0.39 is 48.8 Å². The smallest absolute Gasteiger partial charge is 0.408 e. The molecule has 0 saturated heterocycles. The van der Waals surface area contributed by atoms with Crippen molar-refractivity contribution in [2.45, 2.75) is 58.3 Å². The second kappa shape index (κ2) is 11.5. The van der Waals surface area contributed by atoms with E-state index in [1.165, 1.54) is 24.3 Å². The maximum absolute atomic E-state index is 13.2. The molecule has 0 aliphatic heterocycles. The van der Waals surface area contributed by atoms with Gasteiger partial charge < -0.3 is 35.6 Å². The number of nitrogens with zero attached hydrogens (tertiary/aromatic N) is 1. The van der Waals surface area contributed by atoms with Crippen LogP contribution in [0, 0.1) is 0 Å². The normalized spacial score (nSPS) is 13.3. The summed E-state index contributed by atoms with van der Waals surface area (Å²) in [6.45, 7) is 7.03. The number of rotatable bonds is 9. The summed E-state index contributed by atoms with van der Waals surface area (Å²) in [4.78, 5) is 39.3. The van der Waals surface area contributed by atoms with Crippen molar-refractivity contribution in [3.8, 4) is 5.75 Å². The maximum atomic E-state index is 13.2. The highest BCUT2D eigenvalue weighted by molar-refractivity contribution is 5.92. The number of hydrogen-bond donors (Lipinski definition) is 5. The van der Waals surface area contributed by atoms with Crippen LogP contribution in [0.4, 0.5) is 4.79 Å². The number of aliphatic hydroxyl groups excluding tert-OH is 2. The topological polar surface area (TPSA) is 148 Å². The van der Waals surface area contributed by atoms with E-state index in [0.717, 1.165) is 4.90 Å². The lowest BCUT2D eigenvalue weighted by molar-refractivity contribution is -0.144.